The number of unbranched alkanes of at least 4 members (excludes halogenated alkanes) is 2. The van der Waals surface area contributed by atoms with Crippen molar-refractivity contribution in [3.8, 4) is 5.75 Å². The van der Waals surface area contributed by atoms with Gasteiger partial charge in [0.05, 0.1) is 57.5 Å². The van der Waals surface area contributed by atoms with Crippen molar-refractivity contribution in [1.29, 1.82) is 0 Å². The van der Waals surface area contributed by atoms with Gasteiger partial charge >= 0.3 is 6.03 Å². The number of hydrogen-bond donors (Lipinski definition) is 5. The minimum absolute atomic E-state index is 0.0384. The first-order valence-corrected chi connectivity index (χ1v) is 24.2. The number of thioether (sulfide) groups is 1. The molecule has 3 heterocycles. The number of ether oxygens (including phenoxy) is 4. The first kappa shape index (κ1) is 51.9. The highest BCUT2D eigenvalue weighted by atomic mass is 35.5. The third-order valence-electron chi connectivity index (χ3n) is 11.0. The molecule has 0 spiro atoms. The largest absolute Gasteiger partial charge is 0.495 e. The molecule has 0 aliphatic carbocycles. The highest BCUT2D eigenvalue weighted by Gasteiger charge is 2.42. The number of fused-ring (bicyclic) bond motifs is 1. The number of hydrogen-bond acceptors (Lipinski definition) is 14. The van der Waals surface area contributed by atoms with Crippen molar-refractivity contribution in [2.45, 2.75) is 101 Å². The zero-order valence-corrected chi connectivity index (χ0v) is 39.4. The number of benzene rings is 2. The van der Waals surface area contributed by atoms with Gasteiger partial charge in [0.15, 0.2) is 11.6 Å². The fourth-order valence-corrected chi connectivity index (χ4v) is 9.21. The molecule has 18 heteroatoms. The van der Waals surface area contributed by atoms with Crippen LogP contribution in [0.1, 0.15) is 81.8 Å². The van der Waals surface area contributed by atoms with E-state index in [1.54, 1.807) is 12.1 Å². The number of nitrogens with one attached hydrogen (secondary N) is 5. The van der Waals surface area contributed by atoms with Crippen LogP contribution in [0.5, 0.6) is 5.75 Å². The standard InChI is InChI=1S/C48H64ClN7O9S/c1-3-35(57)30-34-12-4-5-16-39(34)52-46-38(49)31-51-47(56-46)53-40-20-19-33(29-42(40)62-2)28-37(59)15-10-14-36(58)13-8-9-22-63-24-26-65-27-25-64-23-11-21-50-44(60)18-7-6-17-43-45-41(32-66-43)54-48(61)55-45/h3-5,12,16,19-20,29,31,41,43,45H,1,6-11,13-15,17-18,21-28,30,32H2,2H3,(H,50,60)(H2,54,55,61)(H2,51,52,53,56)/t41-,43-,45-/m1/s1. The summed E-state index contributed by atoms with van der Waals surface area (Å²) < 4.78 is 22.4. The second kappa shape index (κ2) is 28.9. The van der Waals surface area contributed by atoms with E-state index in [9.17, 15) is 24.0 Å². The van der Waals surface area contributed by atoms with Crippen LogP contribution in [0.25, 0.3) is 0 Å². The number of methoxy groups -OCH3 is 1. The number of para-hydroxylation sites is 1. The van der Waals surface area contributed by atoms with Crippen LogP contribution in [-0.2, 0) is 46.2 Å². The topological polar surface area (TPSA) is 208 Å². The maximum absolute atomic E-state index is 12.8. The molecule has 0 radical (unpaired) electrons. The Bertz CT molecular complexity index is 2080. The molecular weight excluding hydrogens is 886 g/mol. The number of urea groups is 1. The summed E-state index contributed by atoms with van der Waals surface area (Å²) in [6, 6.07) is 13.2. The molecule has 3 atom stereocenters. The quantitative estimate of drug-likeness (QED) is 0.0228. The number of carbonyl (C=O) groups excluding carboxylic acids is 5. The summed E-state index contributed by atoms with van der Waals surface area (Å²) in [7, 11) is 1.54. The Labute approximate surface area is 396 Å². The third kappa shape index (κ3) is 18.3. The molecule has 2 aliphatic rings. The minimum atomic E-state index is -0.110. The van der Waals surface area contributed by atoms with E-state index in [2.05, 4.69) is 43.1 Å². The van der Waals surface area contributed by atoms with Gasteiger partial charge in [0.2, 0.25) is 11.9 Å². The predicted molar refractivity (Wildman–Crippen MR) is 257 cm³/mol. The van der Waals surface area contributed by atoms with Gasteiger partial charge in [-0.05, 0) is 73.9 Å². The number of aromatic nitrogens is 2. The van der Waals surface area contributed by atoms with Crippen LogP contribution < -0.4 is 31.3 Å². The summed E-state index contributed by atoms with van der Waals surface area (Å²) in [6.07, 6.45) is 10.4. The summed E-state index contributed by atoms with van der Waals surface area (Å²) >= 11 is 8.32. The van der Waals surface area contributed by atoms with Gasteiger partial charge in [-0.1, -0.05) is 48.9 Å². The molecule has 0 saturated carbocycles. The summed E-state index contributed by atoms with van der Waals surface area (Å²) in [5, 5.41) is 16.0. The van der Waals surface area contributed by atoms with Crippen LogP contribution in [0, 0.1) is 0 Å². The Morgan fingerprint density at radius 3 is 2.35 bits per heavy atom. The number of carbonyl (C=O) groups is 5. The van der Waals surface area contributed by atoms with Crippen LogP contribution in [0.3, 0.4) is 0 Å². The summed E-state index contributed by atoms with van der Waals surface area (Å²) in [5.41, 5.74) is 2.82. The van der Waals surface area contributed by atoms with Crippen LogP contribution in [0.2, 0.25) is 5.02 Å². The van der Waals surface area contributed by atoms with E-state index < -0.39 is 0 Å². The normalized spacial score (nSPS) is 16.2. The van der Waals surface area contributed by atoms with Gasteiger partial charge in [-0.15, -0.1) is 0 Å². The molecule has 5 N–H and O–H groups in total. The average Bonchev–Trinajstić information content (AvgIpc) is 3.87. The maximum atomic E-state index is 12.8. The van der Waals surface area contributed by atoms with Gasteiger partial charge in [-0.2, -0.15) is 16.7 Å². The van der Waals surface area contributed by atoms with Crippen LogP contribution >= 0.6 is 23.4 Å². The Balaban J connectivity index is 0.830. The van der Waals surface area contributed by atoms with Crippen molar-refractivity contribution >= 4 is 75.8 Å². The van der Waals surface area contributed by atoms with Gasteiger partial charge in [0.1, 0.15) is 22.3 Å². The number of anilines is 4. The molecule has 2 saturated heterocycles. The maximum Gasteiger partial charge on any atom is 0.315 e. The Morgan fingerprint density at radius 1 is 0.833 bits per heavy atom. The molecular formula is C48H64ClN7O9S. The van der Waals surface area contributed by atoms with Crippen LogP contribution in [0.4, 0.5) is 27.9 Å². The van der Waals surface area contributed by atoms with Crippen molar-refractivity contribution in [1.82, 2.24) is 25.9 Å². The van der Waals surface area contributed by atoms with Gasteiger partial charge in [-0.3, -0.25) is 19.2 Å². The summed E-state index contributed by atoms with van der Waals surface area (Å²) in [4.78, 5) is 69.7. The lowest BCUT2D eigenvalue weighted by molar-refractivity contribution is -0.122. The molecule has 3 aromatic rings. The highest BCUT2D eigenvalue weighted by molar-refractivity contribution is 8.00. The molecule has 5 rings (SSSR count). The highest BCUT2D eigenvalue weighted by Crippen LogP contribution is 2.34. The smallest absolute Gasteiger partial charge is 0.315 e. The molecule has 0 unspecified atom stereocenters. The number of amides is 3. The number of Topliss-reactive ketones (excluding diaryl/α,β-unsaturated/α-hetero) is 2. The molecule has 16 nitrogen and oxygen atoms in total. The molecule has 2 fully saturated rings. The first-order chi connectivity index (χ1) is 32.1. The average molecular weight is 951 g/mol. The lowest BCUT2D eigenvalue weighted by Crippen LogP contribution is -2.36. The van der Waals surface area contributed by atoms with Crippen molar-refractivity contribution in [3.63, 3.8) is 0 Å². The molecule has 358 valence electrons. The molecule has 2 aromatic carbocycles. The Hall–Kier alpha value is -5.07. The Kier molecular flexibility index (Phi) is 22.7. The van der Waals surface area contributed by atoms with Crippen molar-refractivity contribution in [2.75, 3.05) is 69.7 Å². The SMILES string of the molecule is C=CC(=O)Cc1ccccc1Nc1nc(Nc2ccc(CC(=O)CCCC(=O)CCCCOCCOCCOCCCNC(=O)CCCC[C@H]3SC[C@H]4NC(=O)N[C@H]43)cc2OC)ncc1Cl. The molecule has 66 heavy (non-hydrogen) atoms. The zero-order chi connectivity index (χ0) is 46.9. The number of halogens is 1. The number of allylic oxidation sites excluding steroid dienone is 1. The van der Waals surface area contributed by atoms with E-state index in [0.29, 0.717) is 112 Å². The van der Waals surface area contributed by atoms with Crippen molar-refractivity contribution < 1.29 is 42.9 Å². The predicted octanol–water partition coefficient (Wildman–Crippen LogP) is 7.23. The van der Waals surface area contributed by atoms with E-state index in [1.165, 1.54) is 19.4 Å². The fourth-order valence-electron chi connectivity index (χ4n) is 7.52. The van der Waals surface area contributed by atoms with E-state index in [0.717, 1.165) is 55.4 Å². The van der Waals surface area contributed by atoms with Crippen molar-refractivity contribution in [3.05, 3.63) is 77.5 Å². The first-order valence-electron chi connectivity index (χ1n) is 22.8. The molecule has 0 bridgehead atoms. The number of ketones is 3. The van der Waals surface area contributed by atoms with E-state index >= 15 is 0 Å². The number of rotatable bonds is 34. The van der Waals surface area contributed by atoms with Gasteiger partial charge < -0.3 is 45.5 Å². The zero-order valence-electron chi connectivity index (χ0n) is 37.8. The lowest BCUT2D eigenvalue weighted by atomic mass is 10.0. The van der Waals surface area contributed by atoms with Crippen LogP contribution in [0.15, 0.2) is 61.3 Å². The van der Waals surface area contributed by atoms with E-state index in [4.69, 9.17) is 30.5 Å². The van der Waals surface area contributed by atoms with Crippen LogP contribution in [-0.4, -0.2) is 116 Å². The second-order valence-electron chi connectivity index (χ2n) is 16.2. The van der Waals surface area contributed by atoms with Gasteiger partial charge in [-0.25, -0.2) is 9.78 Å². The molecule has 2 aliphatic heterocycles. The summed E-state index contributed by atoms with van der Waals surface area (Å²) in [6.45, 7) is 7.10. The third-order valence-corrected chi connectivity index (χ3v) is 12.8. The summed E-state index contributed by atoms with van der Waals surface area (Å²) in [5.74, 6) is 2.19. The number of nitrogens with zero attached hydrogens (tertiary/aromatic N) is 2. The fraction of sp³-hybridized carbons (Fsp3) is 0.521. The van der Waals surface area contributed by atoms with Gasteiger partial charge in [0.25, 0.3) is 0 Å². The molecule has 3 amide bonds. The van der Waals surface area contributed by atoms with Gasteiger partial charge in [0, 0.05) is 75.0 Å². The lowest BCUT2D eigenvalue weighted by Gasteiger charge is -2.16. The van der Waals surface area contributed by atoms with E-state index in [-0.39, 0.29) is 60.2 Å². The molecule has 1 aromatic heterocycles. The van der Waals surface area contributed by atoms with E-state index in [1.807, 2.05) is 42.1 Å². The monoisotopic (exact) mass is 949 g/mol. The second-order valence-corrected chi connectivity index (χ2v) is 17.8. The minimum Gasteiger partial charge on any atom is -0.495 e. The van der Waals surface area contributed by atoms with Crippen molar-refractivity contribution in [2.24, 2.45) is 0 Å². The Morgan fingerprint density at radius 2 is 1.56 bits per heavy atom.